The van der Waals surface area contributed by atoms with E-state index in [1.54, 1.807) is 6.07 Å². The van der Waals surface area contributed by atoms with Crippen molar-refractivity contribution in [3.63, 3.8) is 0 Å². The Hall–Kier alpha value is -0.700. The van der Waals surface area contributed by atoms with Crippen molar-refractivity contribution in [1.82, 2.24) is 0 Å². The fraction of sp³-hybridized carbons (Fsp3) is 0.250. The normalized spacial score (nSPS) is 14.3. The molecular formula is C8H8BrNO. The zero-order valence-corrected chi connectivity index (χ0v) is 7.48. The molecule has 0 saturated heterocycles. The van der Waals surface area contributed by atoms with Gasteiger partial charge in [0.15, 0.2) is 0 Å². The molecule has 0 radical (unpaired) electrons. The molecule has 0 saturated carbocycles. The van der Waals surface area contributed by atoms with Gasteiger partial charge in [0.2, 0.25) is 0 Å². The smallest absolute Gasteiger partial charge is 0.131 e. The van der Waals surface area contributed by atoms with Crippen molar-refractivity contribution >= 4 is 21.6 Å². The molecule has 0 amide bonds. The molecular weight excluding hydrogens is 206 g/mol. The number of hydrogen-bond donors (Lipinski definition) is 2. The van der Waals surface area contributed by atoms with Crippen LogP contribution in [0.15, 0.2) is 16.6 Å². The molecule has 1 aromatic carbocycles. The minimum absolute atomic E-state index is 0.304. The van der Waals surface area contributed by atoms with Crippen molar-refractivity contribution in [3.05, 3.63) is 22.2 Å². The van der Waals surface area contributed by atoms with Crippen LogP contribution in [0.3, 0.4) is 0 Å². The molecule has 0 atom stereocenters. The van der Waals surface area contributed by atoms with Crippen LogP contribution >= 0.6 is 15.9 Å². The third kappa shape index (κ3) is 1.09. The third-order valence-corrected chi connectivity index (χ3v) is 2.52. The average molecular weight is 214 g/mol. The van der Waals surface area contributed by atoms with Crippen LogP contribution in [0, 0.1) is 0 Å². The van der Waals surface area contributed by atoms with Gasteiger partial charge in [-0.15, -0.1) is 0 Å². The number of halogens is 1. The van der Waals surface area contributed by atoms with Crippen LogP contribution in [0.25, 0.3) is 0 Å². The number of rotatable bonds is 0. The summed E-state index contributed by atoms with van der Waals surface area (Å²) in [4.78, 5) is 0. The molecule has 3 heteroatoms. The van der Waals surface area contributed by atoms with Gasteiger partial charge >= 0.3 is 0 Å². The minimum atomic E-state index is 0.304. The van der Waals surface area contributed by atoms with Crippen LogP contribution in [0.4, 0.5) is 5.69 Å². The topological polar surface area (TPSA) is 32.3 Å². The van der Waals surface area contributed by atoms with Gasteiger partial charge in [-0.25, -0.2) is 0 Å². The number of nitrogens with one attached hydrogen (secondary N) is 1. The van der Waals surface area contributed by atoms with E-state index in [1.807, 2.05) is 6.07 Å². The summed E-state index contributed by atoms with van der Waals surface area (Å²) in [5.41, 5.74) is 2.33. The standard InChI is InChI=1S/C8H8BrNO/c9-6-3-5-1-2-10-7(5)4-8(6)11/h3-4,10-11H,1-2H2. The summed E-state index contributed by atoms with van der Waals surface area (Å²) in [6, 6.07) is 3.72. The maximum Gasteiger partial charge on any atom is 0.131 e. The van der Waals surface area contributed by atoms with Crippen LogP contribution in [0.5, 0.6) is 5.75 Å². The molecule has 0 fully saturated rings. The predicted molar refractivity (Wildman–Crippen MR) is 48.0 cm³/mol. The minimum Gasteiger partial charge on any atom is -0.507 e. The highest BCUT2D eigenvalue weighted by Gasteiger charge is 2.11. The molecule has 0 bridgehead atoms. The van der Waals surface area contributed by atoms with Crippen molar-refractivity contribution in [2.75, 3.05) is 11.9 Å². The van der Waals surface area contributed by atoms with Crippen molar-refractivity contribution in [2.24, 2.45) is 0 Å². The van der Waals surface area contributed by atoms with Gasteiger partial charge in [-0.1, -0.05) is 0 Å². The van der Waals surface area contributed by atoms with E-state index in [2.05, 4.69) is 21.2 Å². The monoisotopic (exact) mass is 213 g/mol. The Bertz CT molecular complexity index is 269. The lowest BCUT2D eigenvalue weighted by Gasteiger charge is -2.01. The summed E-state index contributed by atoms with van der Waals surface area (Å²) in [5.74, 6) is 0.304. The van der Waals surface area contributed by atoms with Crippen molar-refractivity contribution in [3.8, 4) is 5.75 Å². The molecule has 1 aromatic rings. The van der Waals surface area contributed by atoms with E-state index < -0.39 is 0 Å². The average Bonchev–Trinajstić information content (AvgIpc) is 2.36. The summed E-state index contributed by atoms with van der Waals surface area (Å²) in [6.45, 7) is 0.977. The Labute approximate surface area is 73.4 Å². The second kappa shape index (κ2) is 2.41. The molecule has 2 nitrogen and oxygen atoms in total. The van der Waals surface area contributed by atoms with Gasteiger partial charge in [0, 0.05) is 18.3 Å². The number of phenols is 1. The first-order valence-electron chi connectivity index (χ1n) is 3.52. The molecule has 2 rings (SSSR count). The fourth-order valence-corrected chi connectivity index (χ4v) is 1.70. The Kier molecular flexibility index (Phi) is 1.53. The fourth-order valence-electron chi connectivity index (χ4n) is 1.31. The number of phenolic OH excluding ortho intramolecular Hbond substituents is 1. The molecule has 11 heavy (non-hydrogen) atoms. The molecule has 2 N–H and O–H groups in total. The third-order valence-electron chi connectivity index (χ3n) is 1.88. The SMILES string of the molecule is Oc1cc2c(cc1Br)CCN2. The first-order valence-corrected chi connectivity index (χ1v) is 4.32. The number of benzene rings is 1. The van der Waals surface area contributed by atoms with E-state index in [9.17, 15) is 5.11 Å². The lowest BCUT2D eigenvalue weighted by atomic mass is 10.2. The van der Waals surface area contributed by atoms with E-state index in [0.717, 1.165) is 23.1 Å². The second-order valence-electron chi connectivity index (χ2n) is 2.64. The highest BCUT2D eigenvalue weighted by Crippen LogP contribution is 2.32. The molecule has 58 valence electrons. The summed E-state index contributed by atoms with van der Waals surface area (Å²) in [6.07, 6.45) is 1.05. The highest BCUT2D eigenvalue weighted by molar-refractivity contribution is 9.10. The molecule has 1 aliphatic heterocycles. The lowest BCUT2D eigenvalue weighted by Crippen LogP contribution is -1.90. The summed E-state index contributed by atoms with van der Waals surface area (Å²) in [7, 11) is 0. The van der Waals surface area contributed by atoms with E-state index in [4.69, 9.17) is 0 Å². The Balaban J connectivity index is 2.57. The van der Waals surface area contributed by atoms with Crippen molar-refractivity contribution < 1.29 is 5.11 Å². The molecule has 0 aliphatic carbocycles. The van der Waals surface area contributed by atoms with Crippen LogP contribution in [-0.2, 0) is 6.42 Å². The summed E-state index contributed by atoms with van der Waals surface area (Å²) in [5, 5.41) is 12.5. The first-order chi connectivity index (χ1) is 5.27. The Morgan fingerprint density at radius 1 is 1.45 bits per heavy atom. The van der Waals surface area contributed by atoms with Crippen LogP contribution in [0.1, 0.15) is 5.56 Å². The van der Waals surface area contributed by atoms with Gasteiger partial charge in [-0.05, 0) is 34.0 Å². The number of fused-ring (bicyclic) bond motifs is 1. The Morgan fingerprint density at radius 2 is 2.27 bits per heavy atom. The molecule has 0 aromatic heterocycles. The maximum absolute atomic E-state index is 9.30. The second-order valence-corrected chi connectivity index (χ2v) is 3.49. The number of hydrogen-bond acceptors (Lipinski definition) is 2. The number of aromatic hydroxyl groups is 1. The first kappa shape index (κ1) is 6.98. The van der Waals surface area contributed by atoms with Crippen LogP contribution in [0.2, 0.25) is 0 Å². The highest BCUT2D eigenvalue weighted by atomic mass is 79.9. The van der Waals surface area contributed by atoms with Gasteiger partial charge in [0.25, 0.3) is 0 Å². The van der Waals surface area contributed by atoms with Gasteiger partial charge < -0.3 is 10.4 Å². The maximum atomic E-state index is 9.30. The van der Waals surface area contributed by atoms with Gasteiger partial charge in [0.05, 0.1) is 4.47 Å². The van der Waals surface area contributed by atoms with E-state index in [0.29, 0.717) is 5.75 Å². The molecule has 0 spiro atoms. The van der Waals surface area contributed by atoms with Crippen LogP contribution < -0.4 is 5.32 Å². The van der Waals surface area contributed by atoms with Gasteiger partial charge in [-0.3, -0.25) is 0 Å². The summed E-state index contributed by atoms with van der Waals surface area (Å²) < 4.78 is 0.778. The number of anilines is 1. The molecule has 1 aliphatic rings. The van der Waals surface area contributed by atoms with E-state index in [1.165, 1.54) is 5.56 Å². The van der Waals surface area contributed by atoms with Crippen molar-refractivity contribution in [2.45, 2.75) is 6.42 Å². The molecule has 0 unspecified atom stereocenters. The largest absolute Gasteiger partial charge is 0.507 e. The predicted octanol–water partition coefficient (Wildman–Crippen LogP) is 2.12. The van der Waals surface area contributed by atoms with Gasteiger partial charge in [-0.2, -0.15) is 0 Å². The zero-order chi connectivity index (χ0) is 7.84. The van der Waals surface area contributed by atoms with Crippen LogP contribution in [-0.4, -0.2) is 11.7 Å². The quantitative estimate of drug-likeness (QED) is 0.693. The van der Waals surface area contributed by atoms with Crippen molar-refractivity contribution in [1.29, 1.82) is 0 Å². The van der Waals surface area contributed by atoms with Gasteiger partial charge in [0.1, 0.15) is 5.75 Å². The molecule has 1 heterocycles. The zero-order valence-electron chi connectivity index (χ0n) is 5.89. The Morgan fingerprint density at radius 3 is 3.09 bits per heavy atom. The van der Waals surface area contributed by atoms with E-state index >= 15 is 0 Å². The lowest BCUT2D eigenvalue weighted by molar-refractivity contribution is 0.472. The summed E-state index contributed by atoms with van der Waals surface area (Å²) >= 11 is 3.27. The van der Waals surface area contributed by atoms with E-state index in [-0.39, 0.29) is 0 Å².